The maximum Gasteiger partial charge on any atom is 0.312 e. The molecule has 0 radical (unpaired) electrons. The highest BCUT2D eigenvalue weighted by Gasteiger charge is 2.17. The van der Waals surface area contributed by atoms with Crippen LogP contribution in [0, 0.1) is 10.1 Å². The molecule has 124 valence electrons. The van der Waals surface area contributed by atoms with Crippen LogP contribution in [-0.4, -0.2) is 21.4 Å². The summed E-state index contributed by atoms with van der Waals surface area (Å²) in [5, 5.41) is 27.8. The smallest absolute Gasteiger partial charge is 0.312 e. The number of phenols is 1. The third-order valence-electron chi connectivity index (χ3n) is 2.95. The number of benzene rings is 2. The molecule has 0 aliphatic carbocycles. The molecule has 0 spiro atoms. The number of phenolic OH excluding ortho intramolecular Hbond substituents is 1. The standard InChI is InChI=1S/C15H13ClN4O3S/c16-12-6-11(14(21)13(7-12)20(22)23)9-18-19-15(24)17-8-10-4-2-1-3-5-10/h1-7,9,21H,8H2,(H2,17,19,24). The molecular formula is C15H13ClN4O3S. The second kappa shape index (κ2) is 8.23. The first-order chi connectivity index (χ1) is 11.5. The average Bonchev–Trinajstić information content (AvgIpc) is 2.56. The topological polar surface area (TPSA) is 99.8 Å². The average molecular weight is 365 g/mol. The summed E-state index contributed by atoms with van der Waals surface area (Å²) in [4.78, 5) is 10.1. The van der Waals surface area contributed by atoms with Crippen molar-refractivity contribution in [3.63, 3.8) is 0 Å². The molecule has 24 heavy (non-hydrogen) atoms. The molecule has 0 fully saturated rings. The van der Waals surface area contributed by atoms with Crippen LogP contribution in [0.1, 0.15) is 11.1 Å². The van der Waals surface area contributed by atoms with Gasteiger partial charge in [0.25, 0.3) is 0 Å². The fourth-order valence-corrected chi connectivity index (χ4v) is 2.17. The second-order valence-corrected chi connectivity index (χ2v) is 5.50. The van der Waals surface area contributed by atoms with E-state index in [0.717, 1.165) is 11.6 Å². The molecule has 2 aromatic rings. The molecule has 0 aromatic heterocycles. The number of hydrazone groups is 1. The molecule has 7 nitrogen and oxygen atoms in total. The van der Waals surface area contributed by atoms with Gasteiger partial charge in [-0.3, -0.25) is 15.5 Å². The molecule has 2 rings (SSSR count). The Balaban J connectivity index is 1.96. The predicted octanol–water partition coefficient (Wildman–Crippen LogP) is 2.95. The van der Waals surface area contributed by atoms with E-state index in [0.29, 0.717) is 6.54 Å². The van der Waals surface area contributed by atoms with E-state index in [-0.39, 0.29) is 15.7 Å². The van der Waals surface area contributed by atoms with Gasteiger partial charge in [0, 0.05) is 23.2 Å². The lowest BCUT2D eigenvalue weighted by Gasteiger charge is -2.07. The first kappa shape index (κ1) is 17.6. The Morgan fingerprint density at radius 3 is 2.75 bits per heavy atom. The van der Waals surface area contributed by atoms with Crippen molar-refractivity contribution in [2.45, 2.75) is 6.54 Å². The molecule has 0 unspecified atom stereocenters. The Labute approximate surface area is 148 Å². The van der Waals surface area contributed by atoms with Gasteiger partial charge in [-0.25, -0.2) is 0 Å². The predicted molar refractivity (Wildman–Crippen MR) is 96.4 cm³/mol. The van der Waals surface area contributed by atoms with Gasteiger partial charge < -0.3 is 10.4 Å². The van der Waals surface area contributed by atoms with Crippen LogP contribution >= 0.6 is 23.8 Å². The third kappa shape index (κ3) is 4.90. The van der Waals surface area contributed by atoms with E-state index in [1.807, 2.05) is 30.3 Å². The van der Waals surface area contributed by atoms with E-state index in [9.17, 15) is 15.2 Å². The number of hydrogen-bond acceptors (Lipinski definition) is 5. The number of nitrogens with one attached hydrogen (secondary N) is 2. The molecule has 0 saturated heterocycles. The van der Waals surface area contributed by atoms with Gasteiger partial charge in [0.05, 0.1) is 11.1 Å². The zero-order valence-electron chi connectivity index (χ0n) is 12.3. The number of nitro groups is 1. The Morgan fingerprint density at radius 1 is 1.38 bits per heavy atom. The lowest BCUT2D eigenvalue weighted by Crippen LogP contribution is -2.31. The van der Waals surface area contributed by atoms with Gasteiger partial charge in [-0.05, 0) is 23.8 Å². The highest BCUT2D eigenvalue weighted by atomic mass is 35.5. The minimum absolute atomic E-state index is 0.104. The molecular weight excluding hydrogens is 352 g/mol. The number of nitrogens with zero attached hydrogens (tertiary/aromatic N) is 2. The molecule has 0 amide bonds. The molecule has 9 heteroatoms. The van der Waals surface area contributed by atoms with Crippen LogP contribution in [-0.2, 0) is 6.54 Å². The summed E-state index contributed by atoms with van der Waals surface area (Å²) < 4.78 is 0. The fraction of sp³-hybridized carbons (Fsp3) is 0.0667. The van der Waals surface area contributed by atoms with Gasteiger partial charge in [0.15, 0.2) is 5.11 Å². The summed E-state index contributed by atoms with van der Waals surface area (Å²) in [5.41, 5.74) is 3.22. The summed E-state index contributed by atoms with van der Waals surface area (Å²) in [6.45, 7) is 0.524. The van der Waals surface area contributed by atoms with Crippen molar-refractivity contribution in [2.24, 2.45) is 5.10 Å². The first-order valence-corrected chi connectivity index (χ1v) is 7.53. The number of thiocarbonyl (C=S) groups is 1. The van der Waals surface area contributed by atoms with Crippen molar-refractivity contribution in [2.75, 3.05) is 0 Å². The number of halogens is 1. The largest absolute Gasteiger partial charge is 0.502 e. The van der Waals surface area contributed by atoms with Gasteiger partial charge in [0.2, 0.25) is 5.75 Å². The lowest BCUT2D eigenvalue weighted by atomic mass is 10.2. The van der Waals surface area contributed by atoms with Gasteiger partial charge in [0.1, 0.15) is 0 Å². The van der Waals surface area contributed by atoms with Crippen molar-refractivity contribution in [3.8, 4) is 5.75 Å². The summed E-state index contributed by atoms with van der Waals surface area (Å²) in [5.74, 6) is -0.516. The van der Waals surface area contributed by atoms with Crippen LogP contribution in [0.25, 0.3) is 0 Å². The fourth-order valence-electron chi connectivity index (χ4n) is 1.82. The zero-order chi connectivity index (χ0) is 17.5. The summed E-state index contributed by atoms with van der Waals surface area (Å²) in [6.07, 6.45) is 1.20. The van der Waals surface area contributed by atoms with Gasteiger partial charge in [-0.15, -0.1) is 0 Å². The Bertz CT molecular complexity index is 784. The van der Waals surface area contributed by atoms with E-state index in [1.54, 1.807) is 0 Å². The summed E-state index contributed by atoms with van der Waals surface area (Å²) in [6, 6.07) is 12.1. The van der Waals surface area contributed by atoms with Crippen LogP contribution in [0.5, 0.6) is 5.75 Å². The van der Waals surface area contributed by atoms with E-state index >= 15 is 0 Å². The van der Waals surface area contributed by atoms with E-state index in [2.05, 4.69) is 15.8 Å². The Morgan fingerprint density at radius 2 is 2.08 bits per heavy atom. The van der Waals surface area contributed by atoms with Crippen LogP contribution in [0.4, 0.5) is 5.69 Å². The molecule has 0 aliphatic heterocycles. The Hall–Kier alpha value is -2.71. The van der Waals surface area contributed by atoms with E-state index < -0.39 is 16.4 Å². The highest BCUT2D eigenvalue weighted by molar-refractivity contribution is 7.80. The van der Waals surface area contributed by atoms with Crippen molar-refractivity contribution in [3.05, 3.63) is 68.7 Å². The SMILES string of the molecule is O=[N+]([O-])c1cc(Cl)cc(C=NNC(=S)NCc2ccccc2)c1O. The number of nitro benzene ring substituents is 1. The molecule has 0 atom stereocenters. The monoisotopic (exact) mass is 364 g/mol. The third-order valence-corrected chi connectivity index (χ3v) is 3.40. The molecule has 0 saturated carbocycles. The van der Waals surface area contributed by atoms with E-state index in [1.165, 1.54) is 12.3 Å². The van der Waals surface area contributed by atoms with Crippen LogP contribution in [0.15, 0.2) is 47.6 Å². The first-order valence-electron chi connectivity index (χ1n) is 6.75. The number of rotatable bonds is 5. The molecule has 0 heterocycles. The van der Waals surface area contributed by atoms with Crippen molar-refractivity contribution in [1.29, 1.82) is 0 Å². The number of aromatic hydroxyl groups is 1. The molecule has 0 bridgehead atoms. The molecule has 0 aliphatic rings. The van der Waals surface area contributed by atoms with Gasteiger partial charge >= 0.3 is 5.69 Å². The Kier molecular flexibility index (Phi) is 6.05. The van der Waals surface area contributed by atoms with Crippen LogP contribution in [0.2, 0.25) is 5.02 Å². The molecule has 2 aromatic carbocycles. The maximum absolute atomic E-state index is 10.8. The quantitative estimate of drug-likeness (QED) is 0.326. The summed E-state index contributed by atoms with van der Waals surface area (Å²) >= 11 is 10.9. The lowest BCUT2D eigenvalue weighted by molar-refractivity contribution is -0.385. The van der Waals surface area contributed by atoms with Crippen molar-refractivity contribution < 1.29 is 10.0 Å². The van der Waals surface area contributed by atoms with Gasteiger partial charge in [-0.2, -0.15) is 5.10 Å². The molecule has 3 N–H and O–H groups in total. The second-order valence-electron chi connectivity index (χ2n) is 4.66. The highest BCUT2D eigenvalue weighted by Crippen LogP contribution is 2.32. The normalized spacial score (nSPS) is 10.5. The minimum atomic E-state index is -0.724. The van der Waals surface area contributed by atoms with Crippen molar-refractivity contribution >= 4 is 40.8 Å². The van der Waals surface area contributed by atoms with Gasteiger partial charge in [-0.1, -0.05) is 41.9 Å². The van der Waals surface area contributed by atoms with Crippen molar-refractivity contribution in [1.82, 2.24) is 10.7 Å². The van der Waals surface area contributed by atoms with Crippen LogP contribution < -0.4 is 10.7 Å². The van der Waals surface area contributed by atoms with Crippen LogP contribution in [0.3, 0.4) is 0 Å². The minimum Gasteiger partial charge on any atom is -0.502 e. The number of hydrogen-bond donors (Lipinski definition) is 3. The maximum atomic E-state index is 10.8. The zero-order valence-corrected chi connectivity index (χ0v) is 13.8. The van der Waals surface area contributed by atoms with E-state index in [4.69, 9.17) is 23.8 Å². The summed E-state index contributed by atoms with van der Waals surface area (Å²) in [7, 11) is 0.